The number of hydrogen-bond acceptors (Lipinski definition) is 7. The molecule has 2 aliphatic rings. The number of ether oxygens (including phenoxy) is 1. The van der Waals surface area contributed by atoms with Crippen molar-refractivity contribution in [2.75, 3.05) is 48.4 Å². The molecule has 3 rings (SSSR count). The van der Waals surface area contributed by atoms with Crippen molar-refractivity contribution in [1.82, 2.24) is 15.0 Å². The molecule has 0 bridgehead atoms. The van der Waals surface area contributed by atoms with Gasteiger partial charge in [-0.2, -0.15) is 15.0 Å². The summed E-state index contributed by atoms with van der Waals surface area (Å²) in [6.45, 7) is 6.24. The van der Waals surface area contributed by atoms with E-state index in [9.17, 15) is 0 Å². The molecule has 1 aromatic rings. The van der Waals surface area contributed by atoms with E-state index in [0.717, 1.165) is 32.0 Å². The van der Waals surface area contributed by atoms with E-state index >= 15 is 0 Å². The topological polar surface area (TPSA) is 80.4 Å². The number of anilines is 3. The number of hydrogen-bond donors (Lipinski definition) is 1. The molecule has 110 valence electrons. The normalized spacial score (nSPS) is 23.4. The Morgan fingerprint density at radius 3 is 2.65 bits per heavy atom. The number of morpholine rings is 1. The molecule has 0 spiro atoms. The van der Waals surface area contributed by atoms with Crippen molar-refractivity contribution in [1.29, 1.82) is 0 Å². The predicted molar refractivity (Wildman–Crippen MR) is 77.9 cm³/mol. The van der Waals surface area contributed by atoms with Crippen molar-refractivity contribution in [3.63, 3.8) is 0 Å². The molecule has 3 heterocycles. The van der Waals surface area contributed by atoms with Crippen molar-refractivity contribution in [3.8, 4) is 0 Å². The van der Waals surface area contributed by atoms with Gasteiger partial charge in [-0.1, -0.05) is 6.92 Å². The molecule has 2 aliphatic heterocycles. The minimum Gasteiger partial charge on any atom is -0.378 e. The molecule has 1 unspecified atom stereocenters. The second-order valence-electron chi connectivity index (χ2n) is 5.29. The standard InChI is InChI=1S/C13H22N6O/c1-2-10-4-3-5-19(10)13-16-11(14)15-12(17-13)18-6-8-20-9-7-18/h10H,2-9H2,1H3,(H2,14,15,16,17). The van der Waals surface area contributed by atoms with Crippen LogP contribution in [0.1, 0.15) is 26.2 Å². The summed E-state index contributed by atoms with van der Waals surface area (Å²) in [6, 6.07) is 0.523. The first kappa shape index (κ1) is 13.4. The first-order valence-electron chi connectivity index (χ1n) is 7.39. The molecular weight excluding hydrogens is 256 g/mol. The lowest BCUT2D eigenvalue weighted by atomic mass is 10.2. The van der Waals surface area contributed by atoms with Crippen molar-refractivity contribution in [3.05, 3.63) is 0 Å². The Labute approximate surface area is 119 Å². The second-order valence-corrected chi connectivity index (χ2v) is 5.29. The van der Waals surface area contributed by atoms with Crippen LogP contribution in [0.2, 0.25) is 0 Å². The zero-order valence-corrected chi connectivity index (χ0v) is 12.0. The lowest BCUT2D eigenvalue weighted by Crippen LogP contribution is -2.38. The molecule has 7 heteroatoms. The van der Waals surface area contributed by atoms with Crippen LogP contribution < -0.4 is 15.5 Å². The fourth-order valence-corrected chi connectivity index (χ4v) is 2.93. The Hall–Kier alpha value is -1.63. The molecule has 2 fully saturated rings. The Morgan fingerprint density at radius 1 is 1.15 bits per heavy atom. The Kier molecular flexibility index (Phi) is 3.86. The molecule has 0 amide bonds. The average molecular weight is 278 g/mol. The van der Waals surface area contributed by atoms with E-state index in [0.29, 0.717) is 31.2 Å². The van der Waals surface area contributed by atoms with E-state index in [2.05, 4.69) is 31.7 Å². The van der Waals surface area contributed by atoms with Gasteiger partial charge in [0.15, 0.2) is 0 Å². The highest BCUT2D eigenvalue weighted by Crippen LogP contribution is 2.26. The van der Waals surface area contributed by atoms with Gasteiger partial charge in [-0.15, -0.1) is 0 Å². The van der Waals surface area contributed by atoms with Gasteiger partial charge in [0.25, 0.3) is 0 Å². The van der Waals surface area contributed by atoms with Gasteiger partial charge in [0.2, 0.25) is 17.8 Å². The quantitative estimate of drug-likeness (QED) is 0.870. The first-order valence-corrected chi connectivity index (χ1v) is 7.39. The minimum atomic E-state index is 0.304. The molecule has 1 aromatic heterocycles. The van der Waals surface area contributed by atoms with Gasteiger partial charge >= 0.3 is 0 Å². The predicted octanol–water partition coefficient (Wildman–Crippen LogP) is 0.669. The highest BCUT2D eigenvalue weighted by Gasteiger charge is 2.26. The van der Waals surface area contributed by atoms with E-state index in [4.69, 9.17) is 10.5 Å². The third-order valence-electron chi connectivity index (χ3n) is 4.03. The molecule has 2 N–H and O–H groups in total. The third kappa shape index (κ3) is 2.63. The molecule has 0 aliphatic carbocycles. The lowest BCUT2D eigenvalue weighted by molar-refractivity contribution is 0.122. The van der Waals surface area contributed by atoms with Crippen LogP contribution in [0.4, 0.5) is 17.8 Å². The van der Waals surface area contributed by atoms with E-state index in [-0.39, 0.29) is 0 Å². The van der Waals surface area contributed by atoms with Crippen LogP contribution in [0.25, 0.3) is 0 Å². The summed E-state index contributed by atoms with van der Waals surface area (Å²) in [7, 11) is 0. The van der Waals surface area contributed by atoms with E-state index < -0.39 is 0 Å². The Balaban J connectivity index is 1.86. The summed E-state index contributed by atoms with van der Waals surface area (Å²) >= 11 is 0. The molecular formula is C13H22N6O. The maximum Gasteiger partial charge on any atom is 0.232 e. The molecule has 0 saturated carbocycles. The van der Waals surface area contributed by atoms with Gasteiger partial charge < -0.3 is 20.3 Å². The first-order chi connectivity index (χ1) is 9.78. The van der Waals surface area contributed by atoms with Gasteiger partial charge in [0, 0.05) is 25.7 Å². The molecule has 2 saturated heterocycles. The van der Waals surface area contributed by atoms with Crippen molar-refractivity contribution in [2.45, 2.75) is 32.2 Å². The van der Waals surface area contributed by atoms with Crippen molar-refractivity contribution >= 4 is 17.8 Å². The number of nitrogen functional groups attached to an aromatic ring is 1. The number of aromatic nitrogens is 3. The summed E-state index contributed by atoms with van der Waals surface area (Å²) in [5.74, 6) is 1.71. The summed E-state index contributed by atoms with van der Waals surface area (Å²) in [4.78, 5) is 17.6. The minimum absolute atomic E-state index is 0.304. The highest BCUT2D eigenvalue weighted by atomic mass is 16.5. The largest absolute Gasteiger partial charge is 0.378 e. The maximum atomic E-state index is 5.87. The van der Waals surface area contributed by atoms with Crippen molar-refractivity contribution < 1.29 is 4.74 Å². The van der Waals surface area contributed by atoms with Crippen LogP contribution >= 0.6 is 0 Å². The average Bonchev–Trinajstić information content (AvgIpc) is 2.96. The Morgan fingerprint density at radius 2 is 1.90 bits per heavy atom. The van der Waals surface area contributed by atoms with Gasteiger partial charge in [0.05, 0.1) is 13.2 Å². The summed E-state index contributed by atoms with van der Waals surface area (Å²) in [5.41, 5.74) is 5.87. The van der Waals surface area contributed by atoms with Crippen LogP contribution in [0, 0.1) is 0 Å². The fraction of sp³-hybridized carbons (Fsp3) is 0.769. The summed E-state index contributed by atoms with van der Waals surface area (Å²) in [5, 5.41) is 0. The van der Waals surface area contributed by atoms with Gasteiger partial charge in [-0.3, -0.25) is 0 Å². The third-order valence-corrected chi connectivity index (χ3v) is 4.03. The Bertz CT molecular complexity index is 462. The molecule has 0 radical (unpaired) electrons. The van der Waals surface area contributed by atoms with E-state index in [1.165, 1.54) is 12.8 Å². The monoisotopic (exact) mass is 278 g/mol. The van der Waals surface area contributed by atoms with Gasteiger partial charge in [0.1, 0.15) is 0 Å². The fourth-order valence-electron chi connectivity index (χ4n) is 2.93. The maximum absolute atomic E-state index is 5.87. The van der Waals surface area contributed by atoms with Gasteiger partial charge in [-0.25, -0.2) is 0 Å². The zero-order chi connectivity index (χ0) is 13.9. The highest BCUT2D eigenvalue weighted by molar-refractivity contribution is 5.45. The van der Waals surface area contributed by atoms with Gasteiger partial charge in [-0.05, 0) is 19.3 Å². The molecule has 1 atom stereocenters. The summed E-state index contributed by atoms with van der Waals surface area (Å²) < 4.78 is 5.36. The van der Waals surface area contributed by atoms with Crippen molar-refractivity contribution in [2.24, 2.45) is 0 Å². The lowest BCUT2D eigenvalue weighted by Gasteiger charge is -2.28. The van der Waals surface area contributed by atoms with Crippen LogP contribution in [0.15, 0.2) is 0 Å². The number of rotatable bonds is 3. The van der Waals surface area contributed by atoms with E-state index in [1.807, 2.05) is 0 Å². The van der Waals surface area contributed by atoms with Crippen LogP contribution in [0.5, 0.6) is 0 Å². The number of nitrogens with two attached hydrogens (primary N) is 1. The van der Waals surface area contributed by atoms with E-state index in [1.54, 1.807) is 0 Å². The van der Waals surface area contributed by atoms with Crippen LogP contribution in [-0.2, 0) is 4.74 Å². The van der Waals surface area contributed by atoms with Crippen LogP contribution in [0.3, 0.4) is 0 Å². The molecule has 20 heavy (non-hydrogen) atoms. The molecule has 0 aromatic carbocycles. The SMILES string of the molecule is CCC1CCCN1c1nc(N)nc(N2CCOCC2)n1. The summed E-state index contributed by atoms with van der Waals surface area (Å²) in [6.07, 6.45) is 3.50. The smallest absolute Gasteiger partial charge is 0.232 e. The van der Waals surface area contributed by atoms with Crippen LogP contribution in [-0.4, -0.2) is 53.8 Å². The molecule has 7 nitrogen and oxygen atoms in total. The number of nitrogens with zero attached hydrogens (tertiary/aromatic N) is 5. The second kappa shape index (κ2) is 5.78. The zero-order valence-electron chi connectivity index (χ0n) is 12.0.